The fourth-order valence-corrected chi connectivity index (χ4v) is 3.00. The third-order valence-electron chi connectivity index (χ3n) is 3.29. The summed E-state index contributed by atoms with van der Waals surface area (Å²) in [6, 6.07) is 6.50. The number of hydrogen-bond acceptors (Lipinski definition) is 6. The number of H-pyrrole nitrogens is 1. The molecular weight excluding hydrogens is 364 g/mol. The number of benzene rings is 1. The predicted octanol–water partition coefficient (Wildman–Crippen LogP) is 3.16. The Kier molecular flexibility index (Phi) is 5.20. The van der Waals surface area contributed by atoms with Crippen molar-refractivity contribution < 1.29 is 14.3 Å². The maximum Gasteiger partial charge on any atom is 0.234 e. The van der Waals surface area contributed by atoms with Crippen LogP contribution in [0.15, 0.2) is 35.6 Å². The molecule has 9 heteroatoms. The predicted molar refractivity (Wildman–Crippen MR) is 96.6 cm³/mol. The van der Waals surface area contributed by atoms with Gasteiger partial charge in [-0.05, 0) is 18.2 Å². The van der Waals surface area contributed by atoms with Crippen molar-refractivity contribution in [3.05, 3.63) is 41.2 Å². The maximum atomic E-state index is 12.1. The monoisotopic (exact) mass is 376 g/mol. The van der Waals surface area contributed by atoms with Gasteiger partial charge in [0.25, 0.3) is 0 Å². The van der Waals surface area contributed by atoms with Gasteiger partial charge in [0, 0.05) is 11.8 Å². The normalized spacial score (nSPS) is 10.6. The Morgan fingerprint density at radius 1 is 1.44 bits per heavy atom. The molecule has 0 spiro atoms. The first-order valence-corrected chi connectivity index (χ1v) is 8.52. The molecule has 3 aromatic rings. The van der Waals surface area contributed by atoms with E-state index < -0.39 is 0 Å². The molecule has 3 rings (SSSR count). The topological polar surface area (TPSA) is 97.0 Å². The first kappa shape index (κ1) is 17.2. The summed E-state index contributed by atoms with van der Waals surface area (Å²) in [6.45, 7) is 0. The molecule has 2 N–H and O–H groups in total. The second kappa shape index (κ2) is 7.54. The van der Waals surface area contributed by atoms with E-state index in [4.69, 9.17) is 16.3 Å². The van der Waals surface area contributed by atoms with Gasteiger partial charge in [-0.3, -0.25) is 9.59 Å². The first-order chi connectivity index (χ1) is 12.1. The fourth-order valence-electron chi connectivity index (χ4n) is 2.17. The van der Waals surface area contributed by atoms with E-state index in [1.165, 1.54) is 18.9 Å². The van der Waals surface area contributed by atoms with Gasteiger partial charge in [0.2, 0.25) is 5.91 Å². The molecule has 1 amide bonds. The fraction of sp³-hybridized carbons (Fsp3) is 0.125. The van der Waals surface area contributed by atoms with E-state index in [0.717, 1.165) is 5.52 Å². The molecule has 0 radical (unpaired) electrons. The number of aldehydes is 1. The molecule has 128 valence electrons. The Bertz CT molecular complexity index is 944. The van der Waals surface area contributed by atoms with E-state index in [1.807, 2.05) is 0 Å². The summed E-state index contributed by atoms with van der Waals surface area (Å²) in [6.07, 6.45) is 2.27. The number of pyridine rings is 1. The van der Waals surface area contributed by atoms with E-state index in [0.29, 0.717) is 39.1 Å². The molecule has 0 aliphatic carbocycles. The minimum Gasteiger partial charge on any atom is -0.496 e. The van der Waals surface area contributed by atoms with Gasteiger partial charge < -0.3 is 15.0 Å². The van der Waals surface area contributed by atoms with E-state index in [2.05, 4.69) is 20.3 Å². The minimum atomic E-state index is -0.219. The van der Waals surface area contributed by atoms with Gasteiger partial charge in [-0.2, -0.15) is 0 Å². The average Bonchev–Trinajstić information content (AvgIpc) is 3.01. The van der Waals surface area contributed by atoms with Crippen LogP contribution in [0.5, 0.6) is 5.75 Å². The number of anilines is 1. The molecule has 0 aliphatic rings. The van der Waals surface area contributed by atoms with Crippen LogP contribution in [0.2, 0.25) is 5.15 Å². The van der Waals surface area contributed by atoms with Crippen LogP contribution in [0, 0.1) is 0 Å². The van der Waals surface area contributed by atoms with E-state index >= 15 is 0 Å². The Morgan fingerprint density at radius 2 is 2.28 bits per heavy atom. The number of amides is 1. The van der Waals surface area contributed by atoms with Crippen LogP contribution in [-0.4, -0.2) is 40.0 Å². The summed E-state index contributed by atoms with van der Waals surface area (Å²) in [5, 5.41) is 3.69. The second-order valence-electron chi connectivity index (χ2n) is 4.98. The number of thioether (sulfide) groups is 1. The molecule has 0 bridgehead atoms. The van der Waals surface area contributed by atoms with Crippen LogP contribution >= 0.6 is 23.4 Å². The standard InChI is InChI=1S/C16H13ClN4O3S/c1-24-13-3-2-10(4-9(13)7-22)19-15(23)8-25-16-20-11-5-14(17)18-6-12(11)21-16/h2-7H,8H2,1H3,(H,19,23)(H,20,21). The van der Waals surface area contributed by atoms with Gasteiger partial charge >= 0.3 is 0 Å². The Balaban J connectivity index is 1.63. The van der Waals surface area contributed by atoms with Gasteiger partial charge in [0.1, 0.15) is 10.9 Å². The summed E-state index contributed by atoms with van der Waals surface area (Å²) in [4.78, 5) is 34.5. The van der Waals surface area contributed by atoms with Crippen LogP contribution in [0.25, 0.3) is 11.0 Å². The first-order valence-electron chi connectivity index (χ1n) is 7.16. The smallest absolute Gasteiger partial charge is 0.234 e. The Morgan fingerprint density at radius 3 is 3.04 bits per heavy atom. The molecular formula is C16H13ClN4O3S. The molecule has 25 heavy (non-hydrogen) atoms. The van der Waals surface area contributed by atoms with Crippen molar-refractivity contribution in [3.8, 4) is 5.75 Å². The lowest BCUT2D eigenvalue weighted by Crippen LogP contribution is -2.14. The molecule has 0 aliphatic heterocycles. The summed E-state index contributed by atoms with van der Waals surface area (Å²) >= 11 is 7.08. The van der Waals surface area contributed by atoms with Crippen molar-refractivity contribution in [1.82, 2.24) is 15.0 Å². The summed E-state index contributed by atoms with van der Waals surface area (Å²) in [5.74, 6) is 0.393. The molecule has 0 fully saturated rings. The zero-order chi connectivity index (χ0) is 17.8. The van der Waals surface area contributed by atoms with Crippen molar-refractivity contribution in [1.29, 1.82) is 0 Å². The number of aromatic nitrogens is 3. The second-order valence-corrected chi connectivity index (χ2v) is 6.33. The SMILES string of the molecule is COc1ccc(NC(=O)CSc2nc3cc(Cl)ncc3[nH]2)cc1C=O. The van der Waals surface area contributed by atoms with E-state index in [9.17, 15) is 9.59 Å². The largest absolute Gasteiger partial charge is 0.496 e. The molecule has 7 nitrogen and oxygen atoms in total. The number of rotatable bonds is 6. The van der Waals surface area contributed by atoms with Crippen LogP contribution in [0.1, 0.15) is 10.4 Å². The van der Waals surface area contributed by atoms with Crippen LogP contribution in [-0.2, 0) is 4.79 Å². The Hall–Kier alpha value is -2.58. The van der Waals surface area contributed by atoms with E-state index in [1.54, 1.807) is 30.5 Å². The minimum absolute atomic E-state index is 0.156. The van der Waals surface area contributed by atoms with Crippen LogP contribution in [0.3, 0.4) is 0 Å². The highest BCUT2D eigenvalue weighted by Gasteiger charge is 2.10. The third-order valence-corrected chi connectivity index (χ3v) is 4.37. The summed E-state index contributed by atoms with van der Waals surface area (Å²) < 4.78 is 5.06. The molecule has 0 unspecified atom stereocenters. The molecule has 1 aromatic carbocycles. The zero-order valence-corrected chi connectivity index (χ0v) is 14.6. The zero-order valence-electron chi connectivity index (χ0n) is 13.1. The van der Waals surface area contributed by atoms with Crippen molar-refractivity contribution in [2.24, 2.45) is 0 Å². The van der Waals surface area contributed by atoms with Crippen LogP contribution in [0.4, 0.5) is 5.69 Å². The summed E-state index contributed by atoms with van der Waals surface area (Å²) in [7, 11) is 1.48. The number of methoxy groups -OCH3 is 1. The lowest BCUT2D eigenvalue weighted by atomic mass is 10.2. The van der Waals surface area contributed by atoms with Gasteiger partial charge in [0.15, 0.2) is 11.4 Å². The number of nitrogens with zero attached hydrogens (tertiary/aromatic N) is 2. The number of hydrogen-bond donors (Lipinski definition) is 2. The third kappa shape index (κ3) is 4.09. The highest BCUT2D eigenvalue weighted by Crippen LogP contribution is 2.23. The lowest BCUT2D eigenvalue weighted by molar-refractivity contribution is -0.113. The van der Waals surface area contributed by atoms with Crippen molar-refractivity contribution in [2.75, 3.05) is 18.2 Å². The van der Waals surface area contributed by atoms with E-state index in [-0.39, 0.29) is 11.7 Å². The van der Waals surface area contributed by atoms with Gasteiger partial charge in [0.05, 0.1) is 35.7 Å². The average molecular weight is 377 g/mol. The van der Waals surface area contributed by atoms with Crippen molar-refractivity contribution in [2.45, 2.75) is 5.16 Å². The molecule has 0 saturated heterocycles. The number of aromatic amines is 1. The number of halogens is 1. The highest BCUT2D eigenvalue weighted by molar-refractivity contribution is 7.99. The van der Waals surface area contributed by atoms with Gasteiger partial charge in [-0.25, -0.2) is 9.97 Å². The maximum absolute atomic E-state index is 12.1. The Labute approximate surface area is 152 Å². The molecule has 2 aromatic heterocycles. The lowest BCUT2D eigenvalue weighted by Gasteiger charge is -2.08. The van der Waals surface area contributed by atoms with Crippen molar-refractivity contribution in [3.63, 3.8) is 0 Å². The van der Waals surface area contributed by atoms with Gasteiger partial charge in [-0.15, -0.1) is 0 Å². The number of ether oxygens (including phenoxy) is 1. The van der Waals surface area contributed by atoms with Crippen LogP contribution < -0.4 is 10.1 Å². The molecule has 0 saturated carbocycles. The molecule has 2 heterocycles. The molecule has 0 atom stereocenters. The number of fused-ring (bicyclic) bond motifs is 1. The number of nitrogens with one attached hydrogen (secondary N) is 2. The van der Waals surface area contributed by atoms with Gasteiger partial charge in [-0.1, -0.05) is 23.4 Å². The number of carbonyl (C=O) groups is 2. The summed E-state index contributed by atoms with van der Waals surface area (Å²) in [5.41, 5.74) is 2.33. The van der Waals surface area contributed by atoms with Crippen molar-refractivity contribution >= 4 is 52.3 Å². The quantitative estimate of drug-likeness (QED) is 0.389. The number of carbonyl (C=O) groups excluding carboxylic acids is 2. The number of imidazole rings is 1. The highest BCUT2D eigenvalue weighted by atomic mass is 35.5.